The summed E-state index contributed by atoms with van der Waals surface area (Å²) in [5, 5.41) is 0.789. The Balaban J connectivity index is 1.43. The van der Waals surface area contributed by atoms with Gasteiger partial charge in [-0.25, -0.2) is 0 Å². The van der Waals surface area contributed by atoms with E-state index in [1.54, 1.807) is 0 Å². The molecule has 0 bridgehead atoms. The number of hydrogen-bond donors (Lipinski definition) is 0. The minimum Gasteiger partial charge on any atom is -0.373 e. The molecule has 2 nitrogen and oxygen atoms in total. The highest BCUT2D eigenvalue weighted by molar-refractivity contribution is 6.30. The second kappa shape index (κ2) is 12.3. The highest BCUT2D eigenvalue weighted by atomic mass is 35.5. The maximum atomic E-state index is 6.34. The minimum atomic E-state index is 0.175. The number of ether oxygens (including phenoxy) is 1. The van der Waals surface area contributed by atoms with E-state index in [9.17, 15) is 0 Å². The Morgan fingerprint density at radius 3 is 2.36 bits per heavy atom. The molecule has 2 aromatic carbocycles. The maximum Gasteiger partial charge on any atom is 0.0824 e. The van der Waals surface area contributed by atoms with E-state index >= 15 is 0 Å². The summed E-state index contributed by atoms with van der Waals surface area (Å²) in [5.41, 5.74) is 2.68. The highest BCUT2D eigenvalue weighted by Crippen LogP contribution is 2.26. The summed E-state index contributed by atoms with van der Waals surface area (Å²) < 4.78 is 6.34. The molecular weight excluding hydrogens is 366 g/mol. The Morgan fingerprint density at radius 1 is 0.857 bits per heavy atom. The molecule has 0 radical (unpaired) electrons. The lowest BCUT2D eigenvalue weighted by atomic mass is 10.0. The van der Waals surface area contributed by atoms with Crippen molar-refractivity contribution < 1.29 is 4.74 Å². The predicted molar refractivity (Wildman–Crippen MR) is 119 cm³/mol. The molecule has 152 valence electrons. The van der Waals surface area contributed by atoms with E-state index in [1.807, 2.05) is 12.1 Å². The van der Waals surface area contributed by atoms with Crippen LogP contribution in [0.3, 0.4) is 0 Å². The number of hydrogen-bond acceptors (Lipinski definition) is 2. The van der Waals surface area contributed by atoms with Crippen LogP contribution >= 0.6 is 11.6 Å². The summed E-state index contributed by atoms with van der Waals surface area (Å²) in [7, 11) is 0. The van der Waals surface area contributed by atoms with Crippen molar-refractivity contribution in [3.05, 3.63) is 70.7 Å². The summed E-state index contributed by atoms with van der Waals surface area (Å²) >= 11 is 6.08. The van der Waals surface area contributed by atoms with Crippen LogP contribution in [0.5, 0.6) is 0 Å². The summed E-state index contributed by atoms with van der Waals surface area (Å²) in [6.07, 6.45) is 9.99. The Kier molecular flexibility index (Phi) is 9.36. The lowest BCUT2D eigenvalue weighted by Crippen LogP contribution is -2.31. The molecular formula is C25H34ClNO. The third kappa shape index (κ3) is 7.58. The van der Waals surface area contributed by atoms with Gasteiger partial charge in [0.05, 0.1) is 6.10 Å². The molecule has 2 aromatic rings. The van der Waals surface area contributed by atoms with E-state index in [4.69, 9.17) is 16.3 Å². The molecule has 3 heteroatoms. The van der Waals surface area contributed by atoms with Crippen LogP contribution in [0.25, 0.3) is 0 Å². The molecule has 28 heavy (non-hydrogen) atoms. The van der Waals surface area contributed by atoms with Crippen LogP contribution in [0.2, 0.25) is 5.02 Å². The minimum absolute atomic E-state index is 0.175. The zero-order valence-corrected chi connectivity index (χ0v) is 17.7. The third-order valence-corrected chi connectivity index (χ3v) is 5.90. The summed E-state index contributed by atoms with van der Waals surface area (Å²) in [6, 6.07) is 19.0. The van der Waals surface area contributed by atoms with Crippen LogP contribution in [0.15, 0.2) is 54.6 Å². The van der Waals surface area contributed by atoms with Gasteiger partial charge in [-0.1, -0.05) is 66.9 Å². The number of nitrogens with zero attached hydrogens (tertiary/aromatic N) is 1. The number of halogens is 1. The zero-order chi connectivity index (χ0) is 19.4. The monoisotopic (exact) mass is 399 g/mol. The fraction of sp³-hybridized carbons (Fsp3) is 0.520. The van der Waals surface area contributed by atoms with Gasteiger partial charge in [0, 0.05) is 18.2 Å². The average Bonchev–Trinajstić information content (AvgIpc) is 2.75. The van der Waals surface area contributed by atoms with Crippen molar-refractivity contribution in [3.8, 4) is 0 Å². The summed E-state index contributed by atoms with van der Waals surface area (Å²) in [5.74, 6) is 0. The van der Waals surface area contributed by atoms with Crippen LogP contribution in [-0.4, -0.2) is 31.1 Å². The van der Waals surface area contributed by atoms with Crippen molar-refractivity contribution >= 4 is 11.6 Å². The smallest absolute Gasteiger partial charge is 0.0824 e. The predicted octanol–water partition coefficient (Wildman–Crippen LogP) is 6.69. The third-order valence-electron chi connectivity index (χ3n) is 5.65. The van der Waals surface area contributed by atoms with Crippen molar-refractivity contribution in [2.24, 2.45) is 0 Å². The second-order valence-corrected chi connectivity index (χ2v) is 8.33. The molecule has 0 saturated carbocycles. The number of benzene rings is 2. The Bertz CT molecular complexity index is 652. The molecule has 0 spiro atoms. The van der Waals surface area contributed by atoms with Gasteiger partial charge in [-0.3, -0.25) is 0 Å². The lowest BCUT2D eigenvalue weighted by molar-refractivity contribution is 0.0378. The van der Waals surface area contributed by atoms with Gasteiger partial charge in [0.1, 0.15) is 0 Å². The van der Waals surface area contributed by atoms with Gasteiger partial charge in [0.25, 0.3) is 0 Å². The van der Waals surface area contributed by atoms with Gasteiger partial charge in [-0.2, -0.15) is 0 Å². The quantitative estimate of drug-likeness (QED) is 0.390. The number of likely N-dealkylation sites (tertiary alicyclic amines) is 1. The molecule has 0 aliphatic carbocycles. The summed E-state index contributed by atoms with van der Waals surface area (Å²) in [6.45, 7) is 4.53. The molecule has 1 unspecified atom stereocenters. The van der Waals surface area contributed by atoms with Gasteiger partial charge in [-0.05, 0) is 74.9 Å². The van der Waals surface area contributed by atoms with E-state index in [2.05, 4.69) is 47.4 Å². The molecule has 1 fully saturated rings. The first-order valence-corrected chi connectivity index (χ1v) is 11.3. The molecule has 1 aliphatic rings. The highest BCUT2D eigenvalue weighted by Gasteiger charge is 2.13. The molecule has 1 aliphatic heterocycles. The van der Waals surface area contributed by atoms with E-state index < -0.39 is 0 Å². The largest absolute Gasteiger partial charge is 0.373 e. The van der Waals surface area contributed by atoms with Crippen molar-refractivity contribution in [1.82, 2.24) is 4.90 Å². The van der Waals surface area contributed by atoms with Crippen LogP contribution in [0.1, 0.15) is 62.2 Å². The van der Waals surface area contributed by atoms with Crippen LogP contribution in [-0.2, 0) is 11.2 Å². The van der Waals surface area contributed by atoms with Crippen LogP contribution < -0.4 is 0 Å². The molecule has 1 atom stereocenters. The molecule has 3 rings (SSSR count). The fourth-order valence-corrected chi connectivity index (χ4v) is 4.15. The van der Waals surface area contributed by atoms with Gasteiger partial charge in [-0.15, -0.1) is 0 Å². The zero-order valence-electron chi connectivity index (χ0n) is 17.0. The number of piperidine rings is 1. The topological polar surface area (TPSA) is 12.5 Å². The van der Waals surface area contributed by atoms with Gasteiger partial charge < -0.3 is 9.64 Å². The first-order chi connectivity index (χ1) is 13.8. The van der Waals surface area contributed by atoms with Crippen molar-refractivity contribution in [2.75, 3.05) is 26.2 Å². The van der Waals surface area contributed by atoms with Gasteiger partial charge in [0.2, 0.25) is 0 Å². The first kappa shape index (κ1) is 21.4. The first-order valence-electron chi connectivity index (χ1n) is 10.9. The van der Waals surface area contributed by atoms with Crippen LogP contribution in [0, 0.1) is 0 Å². The Labute approximate surface area is 175 Å². The van der Waals surface area contributed by atoms with Gasteiger partial charge in [0.15, 0.2) is 0 Å². The van der Waals surface area contributed by atoms with Crippen molar-refractivity contribution in [1.29, 1.82) is 0 Å². The van der Waals surface area contributed by atoms with E-state index in [0.29, 0.717) is 0 Å². The average molecular weight is 400 g/mol. The van der Waals surface area contributed by atoms with Crippen molar-refractivity contribution in [3.63, 3.8) is 0 Å². The Hall–Kier alpha value is -1.35. The van der Waals surface area contributed by atoms with Crippen molar-refractivity contribution in [2.45, 2.75) is 57.5 Å². The van der Waals surface area contributed by atoms with Gasteiger partial charge >= 0.3 is 0 Å². The number of rotatable bonds is 11. The molecule has 1 heterocycles. The fourth-order valence-electron chi connectivity index (χ4n) is 4.02. The molecule has 0 amide bonds. The number of unbranched alkanes of at least 4 members (excludes halogenated alkanes) is 1. The summed E-state index contributed by atoms with van der Waals surface area (Å²) in [4.78, 5) is 2.59. The van der Waals surface area contributed by atoms with E-state index in [-0.39, 0.29) is 6.10 Å². The normalized spacial score (nSPS) is 16.2. The standard InChI is InChI=1S/C25H34ClNO/c26-24-16-14-23(15-17-24)25(13-6-5-12-22-10-3-1-4-11-22)28-21-9-20-27-18-7-2-8-19-27/h1,3-4,10-11,14-17,25H,2,5-9,12-13,18-21H2. The lowest BCUT2D eigenvalue weighted by Gasteiger charge is -2.26. The Morgan fingerprint density at radius 2 is 1.61 bits per heavy atom. The molecule has 1 saturated heterocycles. The molecule has 0 N–H and O–H groups in total. The second-order valence-electron chi connectivity index (χ2n) is 7.90. The maximum absolute atomic E-state index is 6.34. The van der Waals surface area contributed by atoms with Crippen LogP contribution in [0.4, 0.5) is 0 Å². The van der Waals surface area contributed by atoms with E-state index in [1.165, 1.54) is 62.9 Å². The molecule has 0 aromatic heterocycles. The SMILES string of the molecule is Clc1ccc(C(CCCCc2ccccc2)OCCCN2CCCCC2)cc1. The number of aryl methyl sites for hydroxylation is 1. The van der Waals surface area contributed by atoms with E-state index in [0.717, 1.165) is 30.9 Å².